The first-order valence-corrected chi connectivity index (χ1v) is 5.88. The summed E-state index contributed by atoms with van der Waals surface area (Å²) in [6.07, 6.45) is -2.51. The van der Waals surface area contributed by atoms with Crippen LogP contribution in [0.1, 0.15) is 6.42 Å². The highest BCUT2D eigenvalue weighted by atomic mass is 32.2. The topological polar surface area (TPSA) is 97.0 Å². The molecule has 0 spiro atoms. The maximum Gasteiger partial charge on any atom is 0.158 e. The van der Waals surface area contributed by atoms with Crippen molar-refractivity contribution in [3.63, 3.8) is 0 Å². The van der Waals surface area contributed by atoms with Gasteiger partial charge >= 0.3 is 0 Å². The zero-order chi connectivity index (χ0) is 12.3. The Morgan fingerprint density at radius 1 is 1.50 bits per heavy atom. The van der Waals surface area contributed by atoms with Crippen LogP contribution in [-0.4, -0.2) is 69.8 Å². The third-order valence-corrected chi connectivity index (χ3v) is 3.52. The number of hydrogen-bond acceptors (Lipinski definition) is 6. The van der Waals surface area contributed by atoms with Gasteiger partial charge in [0.1, 0.15) is 17.6 Å². The van der Waals surface area contributed by atoms with Crippen LogP contribution >= 0.6 is 11.8 Å². The average molecular weight is 250 g/mol. The molecule has 0 aromatic heterocycles. The van der Waals surface area contributed by atoms with Gasteiger partial charge in [-0.05, 0) is 0 Å². The van der Waals surface area contributed by atoms with Crippen molar-refractivity contribution in [1.29, 1.82) is 5.41 Å². The molecule has 1 aliphatic heterocycles. The second kappa shape index (κ2) is 5.83. The third-order valence-electron chi connectivity index (χ3n) is 2.36. The first-order valence-electron chi connectivity index (χ1n) is 5.00. The zero-order valence-corrected chi connectivity index (χ0v) is 10.1. The van der Waals surface area contributed by atoms with Crippen LogP contribution in [0.4, 0.5) is 0 Å². The van der Waals surface area contributed by atoms with E-state index in [0.717, 1.165) is 11.8 Å². The molecule has 1 fully saturated rings. The predicted molar refractivity (Wildman–Crippen MR) is 61.4 cm³/mol. The Morgan fingerprint density at radius 2 is 2.12 bits per heavy atom. The molecule has 1 heterocycles. The standard InChI is InChI=1S/C9H18N2O4S/c1-11(2)9(10)16-7-3-5(13)8(14)6(4-12)15-7/h5-8,10,12-14H,3-4H2,1-2H3/t5?,6?,7-,8+/m1/s1. The number of aliphatic hydroxyl groups excluding tert-OH is 3. The minimum absolute atomic E-state index is 0.249. The summed E-state index contributed by atoms with van der Waals surface area (Å²) in [5.74, 6) is 0. The second-order valence-corrected chi connectivity index (χ2v) is 5.05. The van der Waals surface area contributed by atoms with E-state index in [2.05, 4.69) is 0 Å². The van der Waals surface area contributed by atoms with Crippen LogP contribution < -0.4 is 0 Å². The first-order chi connectivity index (χ1) is 7.45. The molecule has 1 aliphatic rings. The summed E-state index contributed by atoms with van der Waals surface area (Å²) in [7, 11) is 3.49. The maximum atomic E-state index is 9.56. The van der Waals surface area contributed by atoms with Crippen molar-refractivity contribution in [2.75, 3.05) is 20.7 Å². The van der Waals surface area contributed by atoms with Crippen LogP contribution in [0.2, 0.25) is 0 Å². The van der Waals surface area contributed by atoms with Crippen LogP contribution in [0.3, 0.4) is 0 Å². The number of thioether (sulfide) groups is 1. The maximum absolute atomic E-state index is 9.56. The number of hydrogen-bond donors (Lipinski definition) is 4. The van der Waals surface area contributed by atoms with Crippen molar-refractivity contribution in [2.45, 2.75) is 30.2 Å². The van der Waals surface area contributed by atoms with Gasteiger partial charge in [0, 0.05) is 20.5 Å². The monoisotopic (exact) mass is 250 g/mol. The molecule has 1 rings (SSSR count). The van der Waals surface area contributed by atoms with E-state index in [1.54, 1.807) is 19.0 Å². The molecule has 2 unspecified atom stereocenters. The van der Waals surface area contributed by atoms with Gasteiger partial charge < -0.3 is 25.0 Å². The van der Waals surface area contributed by atoms with E-state index < -0.39 is 23.7 Å². The summed E-state index contributed by atoms with van der Waals surface area (Å²) < 4.78 is 5.37. The number of nitrogens with zero attached hydrogens (tertiary/aromatic N) is 1. The van der Waals surface area contributed by atoms with Gasteiger partial charge in [-0.1, -0.05) is 11.8 Å². The highest BCUT2D eigenvalue weighted by Gasteiger charge is 2.37. The smallest absolute Gasteiger partial charge is 0.158 e. The summed E-state index contributed by atoms with van der Waals surface area (Å²) in [5.41, 5.74) is -0.412. The molecule has 0 amide bonds. The molecule has 0 saturated carbocycles. The van der Waals surface area contributed by atoms with Gasteiger partial charge in [0.05, 0.1) is 12.7 Å². The first kappa shape index (κ1) is 13.7. The van der Waals surface area contributed by atoms with Crippen molar-refractivity contribution in [3.8, 4) is 0 Å². The minimum atomic E-state index is -1.06. The van der Waals surface area contributed by atoms with Gasteiger partial charge in [0.2, 0.25) is 0 Å². The number of ether oxygens (including phenoxy) is 1. The minimum Gasteiger partial charge on any atom is -0.394 e. The Morgan fingerprint density at radius 3 is 2.62 bits per heavy atom. The van der Waals surface area contributed by atoms with E-state index in [4.69, 9.17) is 15.3 Å². The van der Waals surface area contributed by atoms with Gasteiger partial charge in [0.15, 0.2) is 5.17 Å². The second-order valence-electron chi connectivity index (χ2n) is 3.90. The third kappa shape index (κ3) is 3.33. The summed E-state index contributed by atoms with van der Waals surface area (Å²) in [6, 6.07) is 0. The van der Waals surface area contributed by atoms with Crippen LogP contribution in [-0.2, 0) is 4.74 Å². The largest absolute Gasteiger partial charge is 0.394 e. The fourth-order valence-corrected chi connectivity index (χ4v) is 2.32. The lowest BCUT2D eigenvalue weighted by atomic mass is 10.0. The summed E-state index contributed by atoms with van der Waals surface area (Å²) in [4.78, 5) is 1.62. The normalized spacial score (nSPS) is 34.8. The Bertz CT molecular complexity index is 252. The van der Waals surface area contributed by atoms with E-state index >= 15 is 0 Å². The Labute approximate surface area is 98.7 Å². The molecule has 7 heteroatoms. The zero-order valence-electron chi connectivity index (χ0n) is 9.33. The van der Waals surface area contributed by atoms with Gasteiger partial charge in [-0.3, -0.25) is 5.41 Å². The molecule has 0 aromatic carbocycles. The van der Waals surface area contributed by atoms with Crippen LogP contribution in [0.5, 0.6) is 0 Å². The summed E-state index contributed by atoms with van der Waals surface area (Å²) >= 11 is 1.16. The number of rotatable bonds is 2. The fourth-order valence-electron chi connectivity index (χ4n) is 1.37. The molecule has 0 aromatic rings. The molecule has 4 atom stereocenters. The van der Waals surface area contributed by atoms with Gasteiger partial charge in [-0.25, -0.2) is 0 Å². The van der Waals surface area contributed by atoms with Crippen molar-refractivity contribution < 1.29 is 20.1 Å². The van der Waals surface area contributed by atoms with E-state index in [1.165, 1.54) is 0 Å². The number of aliphatic hydroxyl groups is 3. The van der Waals surface area contributed by atoms with Crippen molar-refractivity contribution in [1.82, 2.24) is 4.90 Å². The van der Waals surface area contributed by atoms with Gasteiger partial charge in [-0.15, -0.1) is 0 Å². The van der Waals surface area contributed by atoms with E-state index in [9.17, 15) is 10.2 Å². The number of nitrogens with one attached hydrogen (secondary N) is 1. The molecule has 4 N–H and O–H groups in total. The van der Waals surface area contributed by atoms with E-state index in [1.807, 2.05) is 0 Å². The van der Waals surface area contributed by atoms with Crippen LogP contribution in [0.15, 0.2) is 0 Å². The molecule has 0 bridgehead atoms. The van der Waals surface area contributed by atoms with E-state index in [-0.39, 0.29) is 13.0 Å². The fraction of sp³-hybridized carbons (Fsp3) is 0.889. The molecule has 0 radical (unpaired) electrons. The number of amidine groups is 1. The lowest BCUT2D eigenvalue weighted by Gasteiger charge is -2.36. The average Bonchev–Trinajstić information content (AvgIpc) is 2.22. The van der Waals surface area contributed by atoms with Crippen molar-refractivity contribution in [3.05, 3.63) is 0 Å². The Balaban J connectivity index is 2.53. The van der Waals surface area contributed by atoms with Crippen molar-refractivity contribution >= 4 is 16.9 Å². The Hall–Kier alpha value is -0.340. The highest BCUT2D eigenvalue weighted by molar-refractivity contribution is 8.14. The van der Waals surface area contributed by atoms with E-state index in [0.29, 0.717) is 5.17 Å². The Kier molecular flexibility index (Phi) is 5.00. The molecule has 1 saturated heterocycles. The van der Waals surface area contributed by atoms with Crippen LogP contribution in [0, 0.1) is 5.41 Å². The molecule has 94 valence electrons. The quantitative estimate of drug-likeness (QED) is 0.372. The predicted octanol–water partition coefficient (Wildman–Crippen LogP) is -0.955. The summed E-state index contributed by atoms with van der Waals surface area (Å²) in [6.45, 7) is -0.343. The van der Waals surface area contributed by atoms with Gasteiger partial charge in [-0.2, -0.15) is 0 Å². The SMILES string of the molecule is CN(C)C(=N)S[C@@H]1CC(O)[C@H](O)C(CO)O1. The molecular formula is C9H18N2O4S. The van der Waals surface area contributed by atoms with Crippen molar-refractivity contribution in [2.24, 2.45) is 0 Å². The molecule has 6 nitrogen and oxygen atoms in total. The molecule has 0 aliphatic carbocycles. The van der Waals surface area contributed by atoms with Gasteiger partial charge in [0.25, 0.3) is 0 Å². The molecular weight excluding hydrogens is 232 g/mol. The lowest BCUT2D eigenvalue weighted by molar-refractivity contribution is -0.156. The lowest BCUT2D eigenvalue weighted by Crippen LogP contribution is -2.49. The summed E-state index contributed by atoms with van der Waals surface area (Å²) in [5, 5.41) is 36.0. The molecule has 16 heavy (non-hydrogen) atoms. The highest BCUT2D eigenvalue weighted by Crippen LogP contribution is 2.28. The van der Waals surface area contributed by atoms with Crippen LogP contribution in [0.25, 0.3) is 0 Å².